The molecule has 1 aromatic heterocycles. The van der Waals surface area contributed by atoms with Crippen molar-refractivity contribution in [3.63, 3.8) is 0 Å². The maximum atomic E-state index is 12.5. The van der Waals surface area contributed by atoms with Crippen LogP contribution in [0.25, 0.3) is 0 Å². The number of aromatic nitrogens is 1. The van der Waals surface area contributed by atoms with Gasteiger partial charge in [0, 0.05) is 26.5 Å². The zero-order valence-electron chi connectivity index (χ0n) is 14.9. The summed E-state index contributed by atoms with van der Waals surface area (Å²) >= 11 is 0. The van der Waals surface area contributed by atoms with Gasteiger partial charge in [0.1, 0.15) is 11.2 Å². The van der Waals surface area contributed by atoms with E-state index in [-0.39, 0.29) is 23.6 Å². The molecule has 1 aliphatic rings. The highest BCUT2D eigenvalue weighted by Gasteiger charge is 2.39. The van der Waals surface area contributed by atoms with E-state index >= 15 is 0 Å². The quantitative estimate of drug-likeness (QED) is 0.849. The standard InChI is InChI=1S/C20H24N2O4/c1-22-11-5-8-17(19(22)24)18(23)21-14-20(25,15-6-3-2-4-7-15)16-9-12-26-13-10-16/h2-8,11,16,25H,9-10,12-14H2,1H3,(H,21,23). The van der Waals surface area contributed by atoms with E-state index in [2.05, 4.69) is 5.32 Å². The molecule has 1 saturated heterocycles. The van der Waals surface area contributed by atoms with E-state index in [1.54, 1.807) is 19.3 Å². The fraction of sp³-hybridized carbons (Fsp3) is 0.400. The highest BCUT2D eigenvalue weighted by atomic mass is 16.5. The number of hydrogen-bond donors (Lipinski definition) is 2. The van der Waals surface area contributed by atoms with E-state index in [1.165, 1.54) is 10.6 Å². The van der Waals surface area contributed by atoms with E-state index in [4.69, 9.17) is 4.74 Å². The average Bonchev–Trinajstić information content (AvgIpc) is 2.69. The predicted molar refractivity (Wildman–Crippen MR) is 97.9 cm³/mol. The first-order chi connectivity index (χ1) is 12.5. The Bertz CT molecular complexity index is 812. The lowest BCUT2D eigenvalue weighted by Crippen LogP contribution is -2.48. The minimum absolute atomic E-state index is 0.0300. The van der Waals surface area contributed by atoms with Crippen molar-refractivity contribution in [2.75, 3.05) is 19.8 Å². The summed E-state index contributed by atoms with van der Waals surface area (Å²) in [6.07, 6.45) is 3.03. The number of ether oxygens (including phenoxy) is 1. The van der Waals surface area contributed by atoms with Gasteiger partial charge in [0.05, 0.1) is 6.54 Å². The van der Waals surface area contributed by atoms with Crippen LogP contribution >= 0.6 is 0 Å². The largest absolute Gasteiger partial charge is 0.383 e. The van der Waals surface area contributed by atoms with Gasteiger partial charge >= 0.3 is 0 Å². The molecule has 138 valence electrons. The van der Waals surface area contributed by atoms with Crippen molar-refractivity contribution < 1.29 is 14.6 Å². The Morgan fingerprint density at radius 1 is 1.23 bits per heavy atom. The monoisotopic (exact) mass is 356 g/mol. The van der Waals surface area contributed by atoms with Gasteiger partial charge in [-0.3, -0.25) is 9.59 Å². The Balaban J connectivity index is 1.83. The van der Waals surface area contributed by atoms with Crippen LogP contribution in [0.3, 0.4) is 0 Å². The van der Waals surface area contributed by atoms with Crippen LogP contribution in [0.2, 0.25) is 0 Å². The van der Waals surface area contributed by atoms with Gasteiger partial charge in [0.2, 0.25) is 0 Å². The number of aryl methyl sites for hydroxylation is 1. The summed E-state index contributed by atoms with van der Waals surface area (Å²) in [4.78, 5) is 24.6. The van der Waals surface area contributed by atoms with Crippen LogP contribution in [0.5, 0.6) is 0 Å². The van der Waals surface area contributed by atoms with Crippen LogP contribution in [0, 0.1) is 5.92 Å². The van der Waals surface area contributed by atoms with Gasteiger partial charge in [0.25, 0.3) is 11.5 Å². The van der Waals surface area contributed by atoms with Crippen molar-refractivity contribution in [2.24, 2.45) is 13.0 Å². The zero-order chi connectivity index (χ0) is 18.6. The van der Waals surface area contributed by atoms with Crippen molar-refractivity contribution >= 4 is 5.91 Å². The normalized spacial score (nSPS) is 17.5. The van der Waals surface area contributed by atoms with Crippen LogP contribution < -0.4 is 10.9 Å². The molecule has 1 amide bonds. The topological polar surface area (TPSA) is 80.6 Å². The van der Waals surface area contributed by atoms with Crippen molar-refractivity contribution in [2.45, 2.75) is 18.4 Å². The first kappa shape index (κ1) is 18.4. The predicted octanol–water partition coefficient (Wildman–Crippen LogP) is 1.43. The maximum absolute atomic E-state index is 12.5. The van der Waals surface area contributed by atoms with Crippen LogP contribution in [0.1, 0.15) is 28.8 Å². The Morgan fingerprint density at radius 2 is 1.92 bits per heavy atom. The Labute approximate surface area is 152 Å². The van der Waals surface area contributed by atoms with Crippen LogP contribution in [-0.2, 0) is 17.4 Å². The molecule has 26 heavy (non-hydrogen) atoms. The number of hydrogen-bond acceptors (Lipinski definition) is 4. The number of carbonyl (C=O) groups excluding carboxylic acids is 1. The summed E-state index contributed by atoms with van der Waals surface area (Å²) in [5.74, 6) is -0.509. The van der Waals surface area contributed by atoms with Gasteiger partial charge in [-0.05, 0) is 36.5 Å². The molecule has 1 unspecified atom stereocenters. The molecule has 0 spiro atoms. The molecular formula is C20H24N2O4. The number of nitrogens with one attached hydrogen (secondary N) is 1. The number of aliphatic hydroxyl groups is 1. The summed E-state index contributed by atoms with van der Waals surface area (Å²) in [5.41, 5.74) is -0.745. The van der Waals surface area contributed by atoms with Crippen LogP contribution in [-0.4, -0.2) is 35.3 Å². The van der Waals surface area contributed by atoms with E-state index in [9.17, 15) is 14.7 Å². The molecule has 0 aliphatic carbocycles. The van der Waals surface area contributed by atoms with E-state index in [0.29, 0.717) is 26.1 Å². The number of benzene rings is 1. The Morgan fingerprint density at radius 3 is 2.62 bits per heavy atom. The molecule has 1 fully saturated rings. The molecule has 0 bridgehead atoms. The van der Waals surface area contributed by atoms with Gasteiger partial charge < -0.3 is 19.7 Å². The fourth-order valence-electron chi connectivity index (χ4n) is 3.46. The molecule has 2 aromatic rings. The van der Waals surface area contributed by atoms with Gasteiger partial charge in [-0.1, -0.05) is 30.3 Å². The molecule has 2 heterocycles. The molecule has 0 radical (unpaired) electrons. The molecule has 0 saturated carbocycles. The molecule has 1 atom stereocenters. The maximum Gasteiger partial charge on any atom is 0.263 e. The van der Waals surface area contributed by atoms with Gasteiger partial charge in [-0.15, -0.1) is 0 Å². The molecule has 2 N–H and O–H groups in total. The number of rotatable bonds is 5. The van der Waals surface area contributed by atoms with E-state index in [0.717, 1.165) is 5.56 Å². The van der Waals surface area contributed by atoms with E-state index < -0.39 is 11.5 Å². The fourth-order valence-corrected chi connectivity index (χ4v) is 3.46. The van der Waals surface area contributed by atoms with Crippen molar-refractivity contribution in [3.8, 4) is 0 Å². The van der Waals surface area contributed by atoms with Crippen LogP contribution in [0.4, 0.5) is 0 Å². The third-order valence-corrected chi connectivity index (χ3v) is 5.06. The lowest BCUT2D eigenvalue weighted by molar-refractivity contribution is -0.0680. The smallest absolute Gasteiger partial charge is 0.263 e. The zero-order valence-corrected chi connectivity index (χ0v) is 14.9. The Kier molecular flexibility index (Phi) is 5.54. The molecule has 6 heteroatoms. The number of amides is 1. The molecule has 1 aromatic carbocycles. The second kappa shape index (κ2) is 7.85. The second-order valence-electron chi connectivity index (χ2n) is 6.70. The lowest BCUT2D eigenvalue weighted by atomic mass is 9.77. The third kappa shape index (κ3) is 3.71. The van der Waals surface area contributed by atoms with Crippen molar-refractivity contribution in [1.29, 1.82) is 0 Å². The van der Waals surface area contributed by atoms with E-state index in [1.807, 2.05) is 30.3 Å². The number of carbonyl (C=O) groups is 1. The third-order valence-electron chi connectivity index (χ3n) is 5.06. The lowest BCUT2D eigenvalue weighted by Gasteiger charge is -2.39. The molecular weight excluding hydrogens is 332 g/mol. The molecule has 6 nitrogen and oxygen atoms in total. The molecule has 3 rings (SSSR count). The first-order valence-electron chi connectivity index (χ1n) is 8.82. The summed E-state index contributed by atoms with van der Waals surface area (Å²) in [6.45, 7) is 1.22. The molecule has 1 aliphatic heterocycles. The summed E-state index contributed by atoms with van der Waals surface area (Å²) in [7, 11) is 1.60. The first-order valence-corrected chi connectivity index (χ1v) is 8.82. The number of nitrogens with zero attached hydrogens (tertiary/aromatic N) is 1. The Hall–Kier alpha value is -2.44. The van der Waals surface area contributed by atoms with Gasteiger partial charge in [-0.25, -0.2) is 0 Å². The average molecular weight is 356 g/mol. The summed E-state index contributed by atoms with van der Waals surface area (Å²) in [5, 5.41) is 14.2. The van der Waals surface area contributed by atoms with Crippen LogP contribution in [0.15, 0.2) is 53.5 Å². The van der Waals surface area contributed by atoms with Gasteiger partial charge in [-0.2, -0.15) is 0 Å². The number of pyridine rings is 1. The second-order valence-corrected chi connectivity index (χ2v) is 6.70. The minimum atomic E-state index is -1.21. The SMILES string of the molecule is Cn1cccc(C(=O)NCC(O)(c2ccccc2)C2CCOCC2)c1=O. The minimum Gasteiger partial charge on any atom is -0.383 e. The van der Waals surface area contributed by atoms with Gasteiger partial charge in [0.15, 0.2) is 0 Å². The van der Waals surface area contributed by atoms with Crippen molar-refractivity contribution in [1.82, 2.24) is 9.88 Å². The van der Waals surface area contributed by atoms with Crippen molar-refractivity contribution in [3.05, 3.63) is 70.1 Å². The summed E-state index contributed by atoms with van der Waals surface area (Å²) in [6, 6.07) is 12.5. The highest BCUT2D eigenvalue weighted by molar-refractivity contribution is 5.93. The summed E-state index contributed by atoms with van der Waals surface area (Å²) < 4.78 is 6.77. The highest BCUT2D eigenvalue weighted by Crippen LogP contribution is 2.35.